The van der Waals surface area contributed by atoms with Crippen molar-refractivity contribution in [1.29, 1.82) is 0 Å². The molecule has 6 nitrogen and oxygen atoms in total. The summed E-state index contributed by atoms with van der Waals surface area (Å²) in [4.78, 5) is 2.39. The molecular formula is C27H35N3O3. The summed E-state index contributed by atoms with van der Waals surface area (Å²) in [6, 6.07) is 16.3. The van der Waals surface area contributed by atoms with Crippen LogP contribution in [0.15, 0.2) is 60.9 Å². The Morgan fingerprint density at radius 3 is 2.48 bits per heavy atom. The quantitative estimate of drug-likeness (QED) is 0.466. The van der Waals surface area contributed by atoms with Gasteiger partial charge in [-0.1, -0.05) is 29.8 Å². The molecule has 0 unspecified atom stereocenters. The van der Waals surface area contributed by atoms with E-state index in [0.29, 0.717) is 26.1 Å². The Morgan fingerprint density at radius 1 is 0.970 bits per heavy atom. The van der Waals surface area contributed by atoms with Crippen LogP contribution in [0.5, 0.6) is 11.5 Å². The van der Waals surface area contributed by atoms with Crippen LogP contribution in [0, 0.1) is 13.8 Å². The van der Waals surface area contributed by atoms with Crippen molar-refractivity contribution in [3.8, 4) is 11.5 Å². The maximum Gasteiger partial charge on any atom is 0.119 e. The molecule has 6 heteroatoms. The Balaban J connectivity index is 1.19. The molecule has 2 heterocycles. The number of aromatic nitrogens is 2. The molecule has 1 aliphatic heterocycles. The Morgan fingerprint density at radius 2 is 1.76 bits per heavy atom. The monoisotopic (exact) mass is 449 g/mol. The first-order valence-corrected chi connectivity index (χ1v) is 11.8. The molecule has 0 saturated carbocycles. The van der Waals surface area contributed by atoms with E-state index in [9.17, 15) is 5.11 Å². The summed E-state index contributed by atoms with van der Waals surface area (Å²) in [7, 11) is 0. The predicted molar refractivity (Wildman–Crippen MR) is 130 cm³/mol. The van der Waals surface area contributed by atoms with Crippen LogP contribution in [0.1, 0.15) is 36.0 Å². The van der Waals surface area contributed by atoms with Gasteiger partial charge in [0.15, 0.2) is 0 Å². The van der Waals surface area contributed by atoms with Gasteiger partial charge in [-0.05, 0) is 62.1 Å². The SMILES string of the molecule is Cc1ccc(OCC2(O)CCN(Cc3cccc(OCCCn4cc(C)cn4)c3)CC2)cc1. The van der Waals surface area contributed by atoms with E-state index < -0.39 is 5.60 Å². The van der Waals surface area contributed by atoms with Crippen molar-refractivity contribution in [1.82, 2.24) is 14.7 Å². The summed E-state index contributed by atoms with van der Waals surface area (Å²) in [6.07, 6.45) is 6.27. The average molecular weight is 450 g/mol. The highest BCUT2D eigenvalue weighted by atomic mass is 16.5. The second-order valence-electron chi connectivity index (χ2n) is 9.23. The number of rotatable bonds is 10. The van der Waals surface area contributed by atoms with Gasteiger partial charge in [0.1, 0.15) is 23.7 Å². The number of aryl methyl sites for hydroxylation is 3. The van der Waals surface area contributed by atoms with Gasteiger partial charge in [0.25, 0.3) is 0 Å². The highest BCUT2D eigenvalue weighted by Gasteiger charge is 2.33. The highest BCUT2D eigenvalue weighted by molar-refractivity contribution is 5.29. The lowest BCUT2D eigenvalue weighted by Crippen LogP contribution is -2.47. The van der Waals surface area contributed by atoms with Crippen molar-refractivity contribution < 1.29 is 14.6 Å². The van der Waals surface area contributed by atoms with Crippen molar-refractivity contribution >= 4 is 0 Å². The van der Waals surface area contributed by atoms with Crippen molar-refractivity contribution in [2.24, 2.45) is 0 Å². The van der Waals surface area contributed by atoms with Crippen molar-refractivity contribution in [2.45, 2.75) is 51.8 Å². The van der Waals surface area contributed by atoms with E-state index in [-0.39, 0.29) is 0 Å². The lowest BCUT2D eigenvalue weighted by atomic mass is 9.92. The van der Waals surface area contributed by atoms with Gasteiger partial charge >= 0.3 is 0 Å². The van der Waals surface area contributed by atoms with Crippen LogP contribution in [0.25, 0.3) is 0 Å². The molecule has 0 spiro atoms. The molecule has 1 aromatic heterocycles. The summed E-state index contributed by atoms with van der Waals surface area (Å²) in [6.45, 7) is 8.53. The zero-order valence-corrected chi connectivity index (χ0v) is 19.7. The van der Waals surface area contributed by atoms with Crippen LogP contribution in [0.2, 0.25) is 0 Å². The summed E-state index contributed by atoms with van der Waals surface area (Å²) in [5, 5.41) is 15.3. The molecule has 176 valence electrons. The Labute approximate surface area is 196 Å². The fourth-order valence-electron chi connectivity index (χ4n) is 4.12. The standard InChI is InChI=1S/C27H35N3O3/c1-22-7-9-25(10-8-22)33-21-27(31)11-14-29(15-12-27)20-24-5-3-6-26(17-24)32-16-4-13-30-19-23(2)18-28-30/h3,5-10,17-19,31H,4,11-16,20-21H2,1-2H3. The minimum atomic E-state index is -0.764. The summed E-state index contributed by atoms with van der Waals surface area (Å²) >= 11 is 0. The molecule has 1 saturated heterocycles. The number of ether oxygens (including phenoxy) is 2. The van der Waals surface area contributed by atoms with Gasteiger partial charge in [-0.2, -0.15) is 5.10 Å². The molecule has 0 amide bonds. The highest BCUT2D eigenvalue weighted by Crippen LogP contribution is 2.25. The van der Waals surface area contributed by atoms with Gasteiger partial charge in [-0.15, -0.1) is 0 Å². The minimum absolute atomic E-state index is 0.339. The normalized spacial score (nSPS) is 16.0. The fraction of sp³-hybridized carbons (Fsp3) is 0.444. The molecule has 3 aromatic rings. The van der Waals surface area contributed by atoms with Gasteiger partial charge in [0.2, 0.25) is 0 Å². The maximum atomic E-state index is 10.9. The van der Waals surface area contributed by atoms with Crippen LogP contribution in [0.3, 0.4) is 0 Å². The number of aliphatic hydroxyl groups is 1. The van der Waals surface area contributed by atoms with E-state index >= 15 is 0 Å². The number of piperidine rings is 1. The van der Waals surface area contributed by atoms with E-state index in [1.807, 2.05) is 48.1 Å². The first-order valence-electron chi connectivity index (χ1n) is 11.8. The molecule has 0 bridgehead atoms. The number of nitrogens with zero attached hydrogens (tertiary/aromatic N) is 3. The van der Waals surface area contributed by atoms with Crippen molar-refractivity contribution in [2.75, 3.05) is 26.3 Å². The van der Waals surface area contributed by atoms with Gasteiger partial charge in [0, 0.05) is 38.8 Å². The summed E-state index contributed by atoms with van der Waals surface area (Å²) in [5.74, 6) is 1.72. The molecule has 0 radical (unpaired) electrons. The van der Waals surface area contributed by atoms with Crippen LogP contribution in [-0.2, 0) is 13.1 Å². The van der Waals surface area contributed by atoms with Gasteiger partial charge < -0.3 is 14.6 Å². The second-order valence-corrected chi connectivity index (χ2v) is 9.23. The third kappa shape index (κ3) is 7.07. The summed E-state index contributed by atoms with van der Waals surface area (Å²) in [5.41, 5.74) is 2.85. The summed E-state index contributed by atoms with van der Waals surface area (Å²) < 4.78 is 13.8. The Kier molecular flexibility index (Phi) is 7.68. The second kappa shape index (κ2) is 10.9. The molecule has 1 aliphatic rings. The number of benzene rings is 2. The fourth-order valence-corrected chi connectivity index (χ4v) is 4.12. The zero-order chi connectivity index (χ0) is 23.1. The smallest absolute Gasteiger partial charge is 0.119 e. The molecule has 4 rings (SSSR count). The molecule has 1 fully saturated rings. The molecule has 0 aliphatic carbocycles. The van der Waals surface area contributed by atoms with E-state index in [0.717, 1.165) is 44.1 Å². The maximum absolute atomic E-state index is 10.9. The van der Waals surface area contributed by atoms with E-state index in [1.165, 1.54) is 16.7 Å². The number of hydrogen-bond acceptors (Lipinski definition) is 5. The molecule has 1 N–H and O–H groups in total. The van der Waals surface area contributed by atoms with E-state index in [1.54, 1.807) is 0 Å². The third-order valence-electron chi connectivity index (χ3n) is 6.18. The molecule has 2 aromatic carbocycles. The number of hydrogen-bond donors (Lipinski definition) is 1. The van der Waals surface area contributed by atoms with Gasteiger partial charge in [-0.25, -0.2) is 0 Å². The van der Waals surface area contributed by atoms with Crippen molar-refractivity contribution in [3.05, 3.63) is 77.6 Å². The number of likely N-dealkylation sites (tertiary alicyclic amines) is 1. The van der Waals surface area contributed by atoms with E-state index in [4.69, 9.17) is 9.47 Å². The minimum Gasteiger partial charge on any atom is -0.494 e. The third-order valence-corrected chi connectivity index (χ3v) is 6.18. The molecular weight excluding hydrogens is 414 g/mol. The first kappa shape index (κ1) is 23.3. The van der Waals surface area contributed by atoms with Crippen LogP contribution in [0.4, 0.5) is 0 Å². The lowest BCUT2D eigenvalue weighted by Gasteiger charge is -2.38. The first-order chi connectivity index (χ1) is 16.0. The van der Waals surface area contributed by atoms with E-state index in [2.05, 4.69) is 41.3 Å². The van der Waals surface area contributed by atoms with Crippen LogP contribution in [-0.4, -0.2) is 51.7 Å². The van der Waals surface area contributed by atoms with Gasteiger partial charge in [0.05, 0.1) is 12.8 Å². The molecule has 33 heavy (non-hydrogen) atoms. The van der Waals surface area contributed by atoms with Crippen molar-refractivity contribution in [3.63, 3.8) is 0 Å². The Hall–Kier alpha value is -2.83. The van der Waals surface area contributed by atoms with Gasteiger partial charge in [-0.3, -0.25) is 9.58 Å². The average Bonchev–Trinajstić information content (AvgIpc) is 3.23. The zero-order valence-electron chi connectivity index (χ0n) is 19.7. The molecule has 0 atom stereocenters. The van der Waals surface area contributed by atoms with Crippen LogP contribution >= 0.6 is 0 Å². The van der Waals surface area contributed by atoms with Crippen LogP contribution < -0.4 is 9.47 Å². The predicted octanol–water partition coefficient (Wildman–Crippen LogP) is 4.37. The Bertz CT molecular complexity index is 1010. The largest absolute Gasteiger partial charge is 0.494 e. The lowest BCUT2D eigenvalue weighted by molar-refractivity contribution is -0.0537. The topological polar surface area (TPSA) is 59.8 Å².